The molecule has 2 aromatic heterocycles. The molecule has 0 atom stereocenters. The molecule has 8 N–H and O–H groups in total. The van der Waals surface area contributed by atoms with Crippen LogP contribution in [0.4, 0.5) is 46.0 Å². The van der Waals surface area contributed by atoms with Gasteiger partial charge in [0.2, 0.25) is 0 Å². The first-order valence-corrected chi connectivity index (χ1v) is 19.4. The van der Waals surface area contributed by atoms with Gasteiger partial charge in [0.15, 0.2) is 23.3 Å². The molecule has 0 bridgehead atoms. The molecule has 0 saturated heterocycles. The van der Waals surface area contributed by atoms with Gasteiger partial charge < -0.3 is 41.8 Å². The Morgan fingerprint density at radius 1 is 0.552 bits per heavy atom. The van der Waals surface area contributed by atoms with E-state index in [0.29, 0.717) is 41.7 Å². The molecule has 0 aliphatic heterocycles. The normalized spacial score (nSPS) is 10.8. The summed E-state index contributed by atoms with van der Waals surface area (Å²) in [7, 11) is -10.2. The second-order valence-electron chi connectivity index (χ2n) is 11.3. The van der Waals surface area contributed by atoms with Gasteiger partial charge in [0.25, 0.3) is 0 Å². The van der Waals surface area contributed by atoms with E-state index in [0.717, 1.165) is 17.4 Å². The zero-order valence-electron chi connectivity index (χ0n) is 32.1. The number of hydrogen-bond donors (Lipinski definition) is 4. The van der Waals surface area contributed by atoms with Gasteiger partial charge in [0, 0.05) is 24.5 Å². The largest absolute Gasteiger partial charge is 1.00 e. The number of anilines is 8. The van der Waals surface area contributed by atoms with Crippen LogP contribution in [0.3, 0.4) is 0 Å². The first-order valence-electron chi connectivity index (χ1n) is 16.6. The molecule has 0 amide bonds. The van der Waals surface area contributed by atoms with Crippen LogP contribution in [-0.4, -0.2) is 69.9 Å². The molecule has 0 unspecified atom stereocenters. The second-order valence-corrected chi connectivity index (χ2v) is 14.0. The van der Waals surface area contributed by atoms with E-state index in [4.69, 9.17) is 22.9 Å². The van der Waals surface area contributed by atoms with E-state index >= 15 is 0 Å². The van der Waals surface area contributed by atoms with Crippen LogP contribution in [0.2, 0.25) is 0 Å². The summed E-state index contributed by atoms with van der Waals surface area (Å²) in [6, 6.07) is 31.6. The van der Waals surface area contributed by atoms with Crippen molar-refractivity contribution in [2.45, 2.75) is 23.6 Å². The van der Waals surface area contributed by atoms with Crippen molar-refractivity contribution >= 4 is 78.4 Å². The Bertz CT molecular complexity index is 2380. The molecular weight excluding hydrogens is 807 g/mol. The van der Waals surface area contributed by atoms with E-state index in [1.807, 2.05) is 84.3 Å². The van der Waals surface area contributed by atoms with Gasteiger partial charge in [0.1, 0.15) is 31.6 Å². The zero-order valence-corrected chi connectivity index (χ0v) is 37.7. The number of nitrogens with zero attached hydrogens (tertiary/aromatic N) is 8. The summed E-state index contributed by atoms with van der Waals surface area (Å²) in [4.78, 5) is 1.79. The molecule has 4 aromatic carbocycles. The van der Waals surface area contributed by atoms with E-state index in [1.165, 1.54) is 24.3 Å². The number of hydrogen-bond acceptors (Lipinski definition) is 18. The second kappa shape index (κ2) is 23.0. The van der Waals surface area contributed by atoms with E-state index in [2.05, 4.69) is 30.8 Å². The fraction of sp³-hybridized carbons (Fsp3) is 0.111. The van der Waals surface area contributed by atoms with E-state index in [-0.39, 0.29) is 76.3 Å². The average Bonchev–Trinajstić information content (AvgIpc) is 3.19. The standard InChI is InChI=1S/C14H12O6S2.2C11H14N6.2Na/c15-21(16,17)13-8-4-7-12(14(13)22(18,19)20)10-9-11-5-2-1-3-6-11;2*1-2-17(8-6-4-3-5-7-8)11-9(12)10(13)14-16-15-11;;/h1-10H,(H,15,16,17)(H,18,19,20);2*3-7H,2H2,1H3,(H2,12,16)(H2,13,14,15);;/q;;;2*+1/p-2. The monoisotopic (exact) mass is 844 g/mol. The maximum atomic E-state index is 11.3. The molecule has 22 heteroatoms. The summed E-state index contributed by atoms with van der Waals surface area (Å²) < 4.78 is 67.5. The Hall–Kier alpha value is -4.74. The van der Waals surface area contributed by atoms with E-state index < -0.39 is 30.0 Å². The predicted octanol–water partition coefficient (Wildman–Crippen LogP) is -1.94. The van der Waals surface area contributed by atoms with Gasteiger partial charge >= 0.3 is 59.1 Å². The quantitative estimate of drug-likeness (QED) is 0.0662. The van der Waals surface area contributed by atoms with Crippen LogP contribution in [0.1, 0.15) is 25.0 Å². The molecule has 6 aromatic rings. The smallest absolute Gasteiger partial charge is 0.744 e. The molecule has 0 radical (unpaired) electrons. The van der Waals surface area contributed by atoms with Crippen molar-refractivity contribution in [3.8, 4) is 0 Å². The number of nitrogen functional groups attached to an aromatic ring is 4. The molecule has 292 valence electrons. The van der Waals surface area contributed by atoms with Crippen LogP contribution in [0.15, 0.2) is 119 Å². The van der Waals surface area contributed by atoms with Gasteiger partial charge in [-0.05, 0) is 65.7 Å². The number of nitrogens with two attached hydrogens (primary N) is 4. The minimum Gasteiger partial charge on any atom is -0.744 e. The Kier molecular flexibility index (Phi) is 19.6. The van der Waals surface area contributed by atoms with Gasteiger partial charge in [0.05, 0.1) is 9.79 Å². The van der Waals surface area contributed by atoms with Gasteiger partial charge in [-0.2, -0.15) is 0 Å². The molecule has 0 saturated carbocycles. The van der Waals surface area contributed by atoms with Crippen LogP contribution < -0.4 is 91.8 Å². The Labute approximate surface area is 380 Å². The van der Waals surface area contributed by atoms with Crippen molar-refractivity contribution < 1.29 is 85.1 Å². The Morgan fingerprint density at radius 3 is 1.34 bits per heavy atom. The molecule has 0 aliphatic rings. The fourth-order valence-electron chi connectivity index (χ4n) is 5.07. The summed E-state index contributed by atoms with van der Waals surface area (Å²) in [6.45, 7) is 5.44. The molecule has 2 heterocycles. The first kappa shape index (κ1) is 49.4. The van der Waals surface area contributed by atoms with Crippen LogP contribution in [-0.2, 0) is 20.2 Å². The maximum Gasteiger partial charge on any atom is 1.00 e. The number of aromatic nitrogens is 6. The third kappa shape index (κ3) is 13.4. The average molecular weight is 845 g/mol. The Balaban J connectivity index is 0.000000298. The van der Waals surface area contributed by atoms with Crippen LogP contribution >= 0.6 is 0 Å². The summed E-state index contributed by atoms with van der Waals surface area (Å²) in [5.41, 5.74) is 26.2. The van der Waals surface area contributed by atoms with Gasteiger partial charge in [-0.3, -0.25) is 0 Å². The van der Waals surface area contributed by atoms with Crippen molar-refractivity contribution in [2.24, 2.45) is 0 Å². The van der Waals surface area contributed by atoms with Crippen molar-refractivity contribution in [2.75, 3.05) is 45.8 Å². The summed E-state index contributed by atoms with van der Waals surface area (Å²) in [5, 5.41) is 22.3. The van der Waals surface area contributed by atoms with E-state index in [9.17, 15) is 25.9 Å². The van der Waals surface area contributed by atoms with Gasteiger partial charge in [-0.25, -0.2) is 16.8 Å². The van der Waals surface area contributed by atoms with Crippen molar-refractivity contribution in [3.63, 3.8) is 0 Å². The third-order valence-electron chi connectivity index (χ3n) is 7.68. The molecule has 18 nitrogen and oxygen atoms in total. The minimum absolute atomic E-state index is 0. The zero-order chi connectivity index (χ0) is 40.9. The van der Waals surface area contributed by atoms with Crippen molar-refractivity contribution in [1.29, 1.82) is 0 Å². The SMILES string of the molecule is CCN(c1ccccc1)c1nnnc(N)c1N.CCN(c1ccccc1)c1nnnc(N)c1N.O=S(=O)([O-])c1cccc(C=Cc2ccccc2)c1S(=O)(=O)[O-].[Na+].[Na+]. The van der Waals surface area contributed by atoms with E-state index in [1.54, 1.807) is 30.3 Å². The number of benzene rings is 4. The van der Waals surface area contributed by atoms with Crippen molar-refractivity contribution in [1.82, 2.24) is 30.8 Å². The van der Waals surface area contributed by atoms with Crippen LogP contribution in [0.25, 0.3) is 12.2 Å². The van der Waals surface area contributed by atoms with Crippen molar-refractivity contribution in [3.05, 3.63) is 120 Å². The summed E-state index contributed by atoms with van der Waals surface area (Å²) >= 11 is 0. The minimum atomic E-state index is -5.13. The topological polar surface area (TPSA) is 302 Å². The number of rotatable bonds is 10. The van der Waals surface area contributed by atoms with Gasteiger partial charge in [-0.1, -0.05) is 91.0 Å². The Morgan fingerprint density at radius 2 is 0.966 bits per heavy atom. The molecule has 0 aliphatic carbocycles. The van der Waals surface area contributed by atoms with Crippen LogP contribution in [0, 0.1) is 0 Å². The molecule has 0 spiro atoms. The number of para-hydroxylation sites is 2. The van der Waals surface area contributed by atoms with Gasteiger partial charge in [-0.15, -0.1) is 20.4 Å². The van der Waals surface area contributed by atoms with Crippen LogP contribution in [0.5, 0.6) is 0 Å². The third-order valence-corrected chi connectivity index (χ3v) is 9.64. The summed E-state index contributed by atoms with van der Waals surface area (Å²) in [5.74, 6) is 1.46. The summed E-state index contributed by atoms with van der Waals surface area (Å²) in [6.07, 6.45) is 2.78. The molecule has 58 heavy (non-hydrogen) atoms. The first-order chi connectivity index (χ1) is 26.7. The molecule has 6 rings (SSSR count). The molecule has 0 fully saturated rings. The maximum absolute atomic E-state index is 11.3. The fourth-order valence-corrected chi connectivity index (χ4v) is 7.01. The molecular formula is C36H38N12Na2O6S2. The predicted molar refractivity (Wildman–Crippen MR) is 213 cm³/mol.